The molecule has 0 heterocycles. The maximum atomic E-state index is 4.36. The lowest BCUT2D eigenvalue weighted by atomic mass is 9.56. The summed E-state index contributed by atoms with van der Waals surface area (Å²) in [5.74, 6) is 4.25. The average Bonchev–Trinajstić information content (AvgIpc) is 2.88. The summed E-state index contributed by atoms with van der Waals surface area (Å²) in [6.07, 6.45) is 10.8. The Balaban J connectivity index is 3.16. The molecular weight excluding hydrogens is 276 g/mol. The van der Waals surface area contributed by atoms with Gasteiger partial charge in [0.2, 0.25) is 0 Å². The first kappa shape index (κ1) is 20.8. The summed E-state index contributed by atoms with van der Waals surface area (Å²) in [6, 6.07) is 0. The Morgan fingerprint density at radius 3 is 2.04 bits per heavy atom. The zero-order chi connectivity index (χ0) is 17.6. The first-order chi connectivity index (χ1) is 10.9. The maximum Gasteiger partial charge on any atom is -0.0203 e. The van der Waals surface area contributed by atoms with Gasteiger partial charge in [0.1, 0.15) is 0 Å². The van der Waals surface area contributed by atoms with Crippen LogP contribution in [0, 0.1) is 35.0 Å². The van der Waals surface area contributed by atoms with Crippen molar-refractivity contribution < 1.29 is 0 Å². The average molecular weight is 321 g/mol. The van der Waals surface area contributed by atoms with Crippen molar-refractivity contribution in [2.75, 3.05) is 0 Å². The van der Waals surface area contributed by atoms with Crippen LogP contribution >= 0.6 is 0 Å². The molecule has 1 fully saturated rings. The zero-order valence-corrected chi connectivity index (χ0v) is 17.3. The van der Waals surface area contributed by atoms with E-state index >= 15 is 0 Å². The number of hydrogen-bond donors (Lipinski definition) is 0. The molecule has 5 unspecified atom stereocenters. The Bertz CT molecular complexity index is 351. The molecule has 0 spiro atoms. The van der Waals surface area contributed by atoms with Gasteiger partial charge in [0.15, 0.2) is 0 Å². The van der Waals surface area contributed by atoms with Gasteiger partial charge in [-0.1, -0.05) is 92.7 Å². The molecule has 0 N–H and O–H groups in total. The predicted octanol–water partition coefficient (Wildman–Crippen LogP) is 7.88. The molecule has 0 aromatic carbocycles. The van der Waals surface area contributed by atoms with E-state index in [1.54, 1.807) is 0 Å². The van der Waals surface area contributed by atoms with Gasteiger partial charge in [-0.3, -0.25) is 0 Å². The van der Waals surface area contributed by atoms with Crippen molar-refractivity contribution in [2.24, 2.45) is 35.0 Å². The molecule has 23 heavy (non-hydrogen) atoms. The highest BCUT2D eigenvalue weighted by Crippen LogP contribution is 2.53. The predicted molar refractivity (Wildman–Crippen MR) is 106 cm³/mol. The van der Waals surface area contributed by atoms with E-state index in [1.165, 1.54) is 56.9 Å². The summed E-state index contributed by atoms with van der Waals surface area (Å²) in [7, 11) is 0. The summed E-state index contributed by atoms with van der Waals surface area (Å²) < 4.78 is 0. The van der Waals surface area contributed by atoms with E-state index in [1.807, 2.05) is 0 Å². The Hall–Kier alpha value is -0.260. The lowest BCUT2D eigenvalue weighted by Gasteiger charge is -2.49. The highest BCUT2D eigenvalue weighted by atomic mass is 14.5. The van der Waals surface area contributed by atoms with Crippen molar-refractivity contribution in [3.05, 3.63) is 12.2 Å². The number of hydrogen-bond acceptors (Lipinski definition) is 0. The molecule has 0 amide bonds. The molecule has 0 nitrogen and oxygen atoms in total. The molecule has 0 aromatic heterocycles. The summed E-state index contributed by atoms with van der Waals surface area (Å²) in [5, 5.41) is 0. The number of rotatable bonds is 10. The molecule has 0 saturated heterocycles. The van der Waals surface area contributed by atoms with Gasteiger partial charge in [0, 0.05) is 0 Å². The van der Waals surface area contributed by atoms with Crippen LogP contribution < -0.4 is 0 Å². The van der Waals surface area contributed by atoms with E-state index in [4.69, 9.17) is 0 Å². The Morgan fingerprint density at radius 2 is 1.70 bits per heavy atom. The SMILES string of the molecule is C=C1CCC(C(CC)C(CCC)C(C)(CC)C(CC)CC)C1C. The molecule has 1 aliphatic carbocycles. The van der Waals surface area contributed by atoms with Crippen LogP contribution in [0.1, 0.15) is 99.8 Å². The molecular formula is C23H44. The van der Waals surface area contributed by atoms with E-state index in [-0.39, 0.29) is 0 Å². The Morgan fingerprint density at radius 1 is 1.09 bits per heavy atom. The van der Waals surface area contributed by atoms with Gasteiger partial charge in [0.25, 0.3) is 0 Å². The molecule has 0 heteroatoms. The number of allylic oxidation sites excluding steroid dienone is 1. The zero-order valence-electron chi connectivity index (χ0n) is 17.3. The lowest BCUT2D eigenvalue weighted by molar-refractivity contribution is 0.00380. The second-order valence-corrected chi connectivity index (χ2v) is 8.49. The molecule has 1 rings (SSSR count). The van der Waals surface area contributed by atoms with Crippen molar-refractivity contribution >= 4 is 0 Å². The van der Waals surface area contributed by atoms with Gasteiger partial charge in [-0.15, -0.1) is 0 Å². The lowest BCUT2D eigenvalue weighted by Crippen LogP contribution is -2.41. The van der Waals surface area contributed by atoms with Gasteiger partial charge in [-0.2, -0.15) is 0 Å². The molecule has 0 aromatic rings. The minimum atomic E-state index is 0.504. The highest BCUT2D eigenvalue weighted by Gasteiger charge is 2.45. The van der Waals surface area contributed by atoms with Crippen LogP contribution in [0.15, 0.2) is 12.2 Å². The fraction of sp³-hybridized carbons (Fsp3) is 0.913. The molecule has 0 bridgehead atoms. The van der Waals surface area contributed by atoms with Gasteiger partial charge in [-0.05, 0) is 54.3 Å². The fourth-order valence-electron chi connectivity index (χ4n) is 6.02. The van der Waals surface area contributed by atoms with Crippen LogP contribution in [0.2, 0.25) is 0 Å². The standard InChI is InChI=1S/C23H44/c1-9-14-22(23(8,13-5)19(10-2)11-3)20(12-4)21-16-15-17(6)18(21)7/h18-22H,6,9-16H2,1-5,7-8H3. The third kappa shape index (κ3) is 4.23. The van der Waals surface area contributed by atoms with Crippen LogP contribution in [0.5, 0.6) is 0 Å². The van der Waals surface area contributed by atoms with Crippen molar-refractivity contribution in [3.8, 4) is 0 Å². The second kappa shape index (κ2) is 9.28. The van der Waals surface area contributed by atoms with Crippen molar-refractivity contribution in [3.63, 3.8) is 0 Å². The largest absolute Gasteiger partial charge is 0.0996 e. The monoisotopic (exact) mass is 320 g/mol. The normalized spacial score (nSPS) is 27.2. The van der Waals surface area contributed by atoms with E-state index in [9.17, 15) is 0 Å². The topological polar surface area (TPSA) is 0 Å². The second-order valence-electron chi connectivity index (χ2n) is 8.49. The minimum absolute atomic E-state index is 0.504. The van der Waals surface area contributed by atoms with Crippen LogP contribution in [0.25, 0.3) is 0 Å². The summed E-state index contributed by atoms with van der Waals surface area (Å²) in [5.41, 5.74) is 2.02. The van der Waals surface area contributed by atoms with Gasteiger partial charge < -0.3 is 0 Å². The van der Waals surface area contributed by atoms with E-state index in [0.717, 1.165) is 29.6 Å². The van der Waals surface area contributed by atoms with Crippen LogP contribution in [0.3, 0.4) is 0 Å². The molecule has 0 aliphatic heterocycles. The van der Waals surface area contributed by atoms with E-state index in [2.05, 4.69) is 55.0 Å². The summed E-state index contributed by atoms with van der Waals surface area (Å²) in [4.78, 5) is 0. The minimum Gasteiger partial charge on any atom is -0.0996 e. The third-order valence-corrected chi connectivity index (χ3v) is 7.75. The van der Waals surface area contributed by atoms with Crippen molar-refractivity contribution in [1.29, 1.82) is 0 Å². The fourth-order valence-corrected chi connectivity index (χ4v) is 6.02. The Kier molecular flexibility index (Phi) is 8.39. The van der Waals surface area contributed by atoms with Crippen LogP contribution in [-0.2, 0) is 0 Å². The molecule has 1 aliphatic rings. The molecule has 136 valence electrons. The molecule has 1 saturated carbocycles. The van der Waals surface area contributed by atoms with Gasteiger partial charge in [-0.25, -0.2) is 0 Å². The van der Waals surface area contributed by atoms with Gasteiger partial charge >= 0.3 is 0 Å². The van der Waals surface area contributed by atoms with Crippen molar-refractivity contribution in [1.82, 2.24) is 0 Å². The van der Waals surface area contributed by atoms with E-state index in [0.29, 0.717) is 5.41 Å². The summed E-state index contributed by atoms with van der Waals surface area (Å²) in [6.45, 7) is 21.5. The molecule has 5 atom stereocenters. The quantitative estimate of drug-likeness (QED) is 0.359. The van der Waals surface area contributed by atoms with Gasteiger partial charge in [0.05, 0.1) is 0 Å². The van der Waals surface area contributed by atoms with Crippen LogP contribution in [-0.4, -0.2) is 0 Å². The first-order valence-electron chi connectivity index (χ1n) is 10.6. The maximum absolute atomic E-state index is 4.36. The van der Waals surface area contributed by atoms with Crippen molar-refractivity contribution in [2.45, 2.75) is 99.8 Å². The molecule has 0 radical (unpaired) electrons. The third-order valence-electron chi connectivity index (χ3n) is 7.75. The van der Waals surface area contributed by atoms with Crippen LogP contribution in [0.4, 0.5) is 0 Å². The first-order valence-corrected chi connectivity index (χ1v) is 10.6. The Labute approximate surface area is 147 Å². The van der Waals surface area contributed by atoms with E-state index < -0.39 is 0 Å². The summed E-state index contributed by atoms with van der Waals surface area (Å²) >= 11 is 0. The highest BCUT2D eigenvalue weighted by molar-refractivity contribution is 5.09. The smallest absolute Gasteiger partial charge is 0.0203 e.